The van der Waals surface area contributed by atoms with Crippen molar-refractivity contribution in [1.29, 1.82) is 0 Å². The van der Waals surface area contributed by atoms with Gasteiger partial charge in [-0.1, -0.05) is 5.16 Å². The van der Waals surface area contributed by atoms with Gasteiger partial charge >= 0.3 is 0 Å². The summed E-state index contributed by atoms with van der Waals surface area (Å²) < 4.78 is 6.73. The maximum absolute atomic E-state index is 12.5. The first-order chi connectivity index (χ1) is 13.7. The van der Waals surface area contributed by atoms with Crippen molar-refractivity contribution in [3.05, 3.63) is 64.5 Å². The van der Waals surface area contributed by atoms with Crippen LogP contribution in [0.15, 0.2) is 52.0 Å². The van der Waals surface area contributed by atoms with Gasteiger partial charge in [-0.05, 0) is 31.0 Å². The van der Waals surface area contributed by atoms with Crippen LogP contribution in [0.2, 0.25) is 0 Å². The minimum atomic E-state index is -0.150. The van der Waals surface area contributed by atoms with E-state index in [0.717, 1.165) is 24.2 Å². The molecule has 0 aromatic carbocycles. The van der Waals surface area contributed by atoms with Crippen LogP contribution in [0.1, 0.15) is 35.0 Å². The van der Waals surface area contributed by atoms with E-state index in [1.807, 2.05) is 12.1 Å². The van der Waals surface area contributed by atoms with Crippen LogP contribution in [-0.4, -0.2) is 43.8 Å². The number of amides is 1. The molecular weight excluding hydrogens is 358 g/mol. The summed E-state index contributed by atoms with van der Waals surface area (Å²) in [4.78, 5) is 30.5. The highest BCUT2D eigenvalue weighted by Gasteiger charge is 2.35. The van der Waals surface area contributed by atoms with Crippen molar-refractivity contribution in [2.75, 3.05) is 13.1 Å². The van der Waals surface area contributed by atoms with E-state index in [4.69, 9.17) is 4.52 Å². The first kappa shape index (κ1) is 16.9. The van der Waals surface area contributed by atoms with E-state index in [-0.39, 0.29) is 17.4 Å². The summed E-state index contributed by atoms with van der Waals surface area (Å²) in [6.07, 6.45) is 5.62. The fourth-order valence-electron chi connectivity index (χ4n) is 3.46. The molecule has 3 aromatic heterocycles. The molecule has 0 N–H and O–H groups in total. The Morgan fingerprint density at radius 2 is 2.07 bits per heavy atom. The van der Waals surface area contributed by atoms with Crippen molar-refractivity contribution >= 4 is 5.91 Å². The zero-order valence-electron chi connectivity index (χ0n) is 15.2. The minimum absolute atomic E-state index is 0.115. The van der Waals surface area contributed by atoms with E-state index in [2.05, 4.69) is 15.2 Å². The molecule has 2 fully saturated rings. The number of carbonyl (C=O) groups is 1. The first-order valence-electron chi connectivity index (χ1n) is 9.42. The number of likely N-dealkylation sites (tertiary alicyclic amines) is 1. The maximum Gasteiger partial charge on any atom is 0.276 e. The molecule has 5 rings (SSSR count). The maximum atomic E-state index is 12.5. The summed E-state index contributed by atoms with van der Waals surface area (Å²) in [6, 6.07) is 8.72. The summed E-state index contributed by atoms with van der Waals surface area (Å²) in [5.41, 5.74) is 1.78. The second-order valence-corrected chi connectivity index (χ2v) is 7.45. The van der Waals surface area contributed by atoms with Crippen LogP contribution in [0.3, 0.4) is 0 Å². The van der Waals surface area contributed by atoms with E-state index in [9.17, 15) is 9.59 Å². The molecule has 1 aliphatic carbocycles. The summed E-state index contributed by atoms with van der Waals surface area (Å²) >= 11 is 0. The molecule has 8 nitrogen and oxygen atoms in total. The molecule has 1 saturated heterocycles. The van der Waals surface area contributed by atoms with Gasteiger partial charge in [-0.25, -0.2) is 4.68 Å². The fraction of sp³-hybridized carbons (Fsp3) is 0.350. The third-order valence-corrected chi connectivity index (χ3v) is 5.23. The van der Waals surface area contributed by atoms with Crippen molar-refractivity contribution in [1.82, 2.24) is 24.8 Å². The highest BCUT2D eigenvalue weighted by atomic mass is 16.5. The summed E-state index contributed by atoms with van der Waals surface area (Å²) in [5.74, 6) is 1.32. The summed E-state index contributed by atoms with van der Waals surface area (Å²) in [6.45, 7) is 1.63. The molecule has 0 spiro atoms. The van der Waals surface area contributed by atoms with E-state index >= 15 is 0 Å². The number of aromatic nitrogens is 4. The number of hydrogen-bond acceptors (Lipinski definition) is 6. The molecule has 0 unspecified atom stereocenters. The molecular formula is C20H19N5O3. The topological polar surface area (TPSA) is 94.1 Å². The summed E-state index contributed by atoms with van der Waals surface area (Å²) in [5, 5.41) is 8.36. The average molecular weight is 377 g/mol. The molecule has 3 aromatic rings. The fourth-order valence-corrected chi connectivity index (χ4v) is 3.46. The molecule has 1 aliphatic heterocycles. The van der Waals surface area contributed by atoms with Crippen LogP contribution in [0, 0.1) is 5.92 Å². The van der Waals surface area contributed by atoms with Crippen molar-refractivity contribution in [2.45, 2.75) is 25.3 Å². The van der Waals surface area contributed by atoms with Crippen molar-refractivity contribution in [3.8, 4) is 11.3 Å². The number of hydrogen-bond donors (Lipinski definition) is 0. The third kappa shape index (κ3) is 3.21. The Hall–Kier alpha value is -3.29. The van der Waals surface area contributed by atoms with E-state index < -0.39 is 0 Å². The Morgan fingerprint density at radius 1 is 1.21 bits per heavy atom. The zero-order valence-corrected chi connectivity index (χ0v) is 15.2. The van der Waals surface area contributed by atoms with E-state index in [1.165, 1.54) is 10.7 Å². The van der Waals surface area contributed by atoms with Gasteiger partial charge in [-0.15, -0.1) is 0 Å². The Bertz CT molecular complexity index is 1060. The molecule has 2 aliphatic rings. The van der Waals surface area contributed by atoms with Crippen LogP contribution in [-0.2, 0) is 6.54 Å². The van der Waals surface area contributed by atoms with E-state index in [1.54, 1.807) is 29.4 Å². The van der Waals surface area contributed by atoms with Gasteiger partial charge in [0, 0.05) is 55.0 Å². The predicted octanol–water partition coefficient (Wildman–Crippen LogP) is 1.94. The predicted molar refractivity (Wildman–Crippen MR) is 99.6 cm³/mol. The van der Waals surface area contributed by atoms with Crippen LogP contribution in [0.4, 0.5) is 0 Å². The van der Waals surface area contributed by atoms with Gasteiger partial charge in [0.05, 0.1) is 12.2 Å². The molecule has 0 radical (unpaired) electrons. The second kappa shape index (κ2) is 6.70. The molecule has 142 valence electrons. The standard InChI is InChI=1S/C20H19N5O3/c26-19-6-5-16(15-2-1-7-21-9-15)22-25(19)12-13-10-24(11-13)20(27)17-8-18(28-23-17)14-3-4-14/h1-2,5-9,13-14H,3-4,10-12H2. The quantitative estimate of drug-likeness (QED) is 0.674. The number of carbonyl (C=O) groups excluding carboxylic acids is 1. The highest BCUT2D eigenvalue weighted by Crippen LogP contribution is 2.40. The van der Waals surface area contributed by atoms with Gasteiger partial charge in [-0.3, -0.25) is 14.6 Å². The van der Waals surface area contributed by atoms with Gasteiger partial charge in [0.1, 0.15) is 5.76 Å². The molecule has 1 amide bonds. The number of pyridine rings is 1. The molecule has 4 heterocycles. The van der Waals surface area contributed by atoms with Crippen molar-refractivity contribution < 1.29 is 9.32 Å². The third-order valence-electron chi connectivity index (χ3n) is 5.23. The Morgan fingerprint density at radius 3 is 2.82 bits per heavy atom. The Balaban J connectivity index is 1.23. The van der Waals surface area contributed by atoms with Crippen LogP contribution in [0.25, 0.3) is 11.3 Å². The molecule has 0 bridgehead atoms. The highest BCUT2D eigenvalue weighted by molar-refractivity contribution is 5.92. The Kier molecular flexibility index (Phi) is 4.03. The molecule has 8 heteroatoms. The normalized spacial score (nSPS) is 16.8. The molecule has 0 atom stereocenters. The monoisotopic (exact) mass is 377 g/mol. The van der Waals surface area contributed by atoms with Crippen molar-refractivity contribution in [2.24, 2.45) is 5.92 Å². The first-order valence-corrected chi connectivity index (χ1v) is 9.42. The largest absolute Gasteiger partial charge is 0.360 e. The lowest BCUT2D eigenvalue weighted by molar-refractivity contribution is 0.0448. The van der Waals surface area contributed by atoms with Crippen LogP contribution >= 0.6 is 0 Å². The van der Waals surface area contributed by atoms with Crippen LogP contribution < -0.4 is 5.56 Å². The minimum Gasteiger partial charge on any atom is -0.360 e. The molecule has 1 saturated carbocycles. The lowest BCUT2D eigenvalue weighted by Gasteiger charge is -2.38. The van der Waals surface area contributed by atoms with Crippen molar-refractivity contribution in [3.63, 3.8) is 0 Å². The smallest absolute Gasteiger partial charge is 0.276 e. The van der Waals surface area contributed by atoms with Gasteiger partial charge in [0.25, 0.3) is 11.5 Å². The molecule has 28 heavy (non-hydrogen) atoms. The van der Waals surface area contributed by atoms with Crippen LogP contribution in [0.5, 0.6) is 0 Å². The summed E-state index contributed by atoms with van der Waals surface area (Å²) in [7, 11) is 0. The van der Waals surface area contributed by atoms with E-state index in [0.29, 0.717) is 36.9 Å². The van der Waals surface area contributed by atoms with Gasteiger partial charge < -0.3 is 9.42 Å². The number of nitrogens with zero attached hydrogens (tertiary/aromatic N) is 5. The number of rotatable bonds is 5. The van der Waals surface area contributed by atoms with Gasteiger partial charge in [-0.2, -0.15) is 5.10 Å². The van der Waals surface area contributed by atoms with Gasteiger partial charge in [0.2, 0.25) is 0 Å². The SMILES string of the molecule is O=C(c1cc(C2CC2)on1)N1CC(Cn2nc(-c3cccnc3)ccc2=O)C1. The zero-order chi connectivity index (χ0) is 19.1. The lowest BCUT2D eigenvalue weighted by atomic mass is 9.99. The van der Waals surface area contributed by atoms with Gasteiger partial charge in [0.15, 0.2) is 5.69 Å². The lowest BCUT2D eigenvalue weighted by Crippen LogP contribution is -2.52. The second-order valence-electron chi connectivity index (χ2n) is 7.45. The average Bonchev–Trinajstić information content (AvgIpc) is 3.42. The Labute approximate surface area is 160 Å².